The number of para-hydroxylation sites is 1. The van der Waals surface area contributed by atoms with Crippen molar-refractivity contribution in [2.45, 2.75) is 6.42 Å². The first-order valence-electron chi connectivity index (χ1n) is 6.42. The van der Waals surface area contributed by atoms with Crippen LogP contribution < -0.4 is 10.6 Å². The molecule has 0 unspecified atom stereocenters. The number of likely N-dealkylation sites (N-methyl/N-ethyl adjacent to an activating group) is 1. The normalized spacial score (nSPS) is 10.1. The molecule has 2 aromatic rings. The van der Waals surface area contributed by atoms with Gasteiger partial charge in [0, 0.05) is 12.7 Å². The van der Waals surface area contributed by atoms with Gasteiger partial charge in [-0.15, -0.1) is 0 Å². The van der Waals surface area contributed by atoms with Crippen molar-refractivity contribution in [3.05, 3.63) is 59.7 Å². The van der Waals surface area contributed by atoms with Gasteiger partial charge in [-0.1, -0.05) is 24.3 Å². The third-order valence-electron chi connectivity index (χ3n) is 3.20. The van der Waals surface area contributed by atoms with Gasteiger partial charge in [-0.2, -0.15) is 0 Å². The minimum absolute atomic E-state index is 0.102. The lowest BCUT2D eigenvalue weighted by molar-refractivity contribution is -0.117. The molecular weight excluding hydrogens is 268 g/mol. The van der Waals surface area contributed by atoms with Crippen LogP contribution in [0.3, 0.4) is 0 Å². The minimum Gasteiger partial charge on any atom is -0.478 e. The Morgan fingerprint density at radius 2 is 1.71 bits per heavy atom. The molecule has 21 heavy (non-hydrogen) atoms. The van der Waals surface area contributed by atoms with E-state index in [0.29, 0.717) is 11.4 Å². The first kappa shape index (κ1) is 14.6. The van der Waals surface area contributed by atoms with Crippen molar-refractivity contribution >= 4 is 23.3 Å². The monoisotopic (exact) mass is 284 g/mol. The second-order valence-corrected chi connectivity index (χ2v) is 4.69. The molecule has 0 aliphatic heterocycles. The number of nitrogens with zero attached hydrogens (tertiary/aromatic N) is 1. The summed E-state index contributed by atoms with van der Waals surface area (Å²) in [4.78, 5) is 24.8. The molecule has 0 fully saturated rings. The quantitative estimate of drug-likeness (QED) is 0.843. The highest BCUT2D eigenvalue weighted by Crippen LogP contribution is 2.20. The summed E-state index contributed by atoms with van der Waals surface area (Å²) in [5.74, 6) is -1.24. The maximum absolute atomic E-state index is 12.3. The fourth-order valence-electron chi connectivity index (χ4n) is 2.01. The Kier molecular flexibility index (Phi) is 4.23. The molecule has 1 amide bonds. The lowest BCUT2D eigenvalue weighted by atomic mass is 10.1. The SMILES string of the molecule is CN(C(=O)Cc1ccc(N)cc1)c1ccccc1C(=O)O. The van der Waals surface area contributed by atoms with Crippen LogP contribution in [0.25, 0.3) is 0 Å². The van der Waals surface area contributed by atoms with Crippen LogP contribution in [0.5, 0.6) is 0 Å². The average molecular weight is 284 g/mol. The molecule has 0 aliphatic rings. The van der Waals surface area contributed by atoms with Gasteiger partial charge in [0.05, 0.1) is 17.7 Å². The van der Waals surface area contributed by atoms with Crippen molar-refractivity contribution in [2.24, 2.45) is 0 Å². The molecule has 0 bridgehead atoms. The van der Waals surface area contributed by atoms with Gasteiger partial charge in [0.2, 0.25) is 5.91 Å². The molecule has 0 atom stereocenters. The van der Waals surface area contributed by atoms with Crippen molar-refractivity contribution in [1.29, 1.82) is 0 Å². The number of hydrogen-bond acceptors (Lipinski definition) is 3. The number of carbonyl (C=O) groups excluding carboxylic acids is 1. The summed E-state index contributed by atoms with van der Waals surface area (Å²) >= 11 is 0. The van der Waals surface area contributed by atoms with Crippen LogP contribution in [0.15, 0.2) is 48.5 Å². The number of aromatic carboxylic acids is 1. The lowest BCUT2D eigenvalue weighted by Crippen LogP contribution is -2.29. The standard InChI is InChI=1S/C16H16N2O3/c1-18(14-5-3-2-4-13(14)16(20)21)15(19)10-11-6-8-12(17)9-7-11/h2-9H,10,17H2,1H3,(H,20,21). The van der Waals surface area contributed by atoms with Crippen LogP contribution >= 0.6 is 0 Å². The highest BCUT2D eigenvalue weighted by atomic mass is 16.4. The van der Waals surface area contributed by atoms with Gasteiger partial charge < -0.3 is 15.7 Å². The van der Waals surface area contributed by atoms with Crippen LogP contribution in [0, 0.1) is 0 Å². The number of rotatable bonds is 4. The zero-order chi connectivity index (χ0) is 15.4. The number of hydrogen-bond donors (Lipinski definition) is 2. The number of carboxylic acids is 1. The molecular formula is C16H16N2O3. The van der Waals surface area contributed by atoms with E-state index in [2.05, 4.69) is 0 Å². The molecule has 0 radical (unpaired) electrons. The Morgan fingerprint density at radius 3 is 2.33 bits per heavy atom. The van der Waals surface area contributed by atoms with Gasteiger partial charge in [-0.25, -0.2) is 4.79 Å². The summed E-state index contributed by atoms with van der Waals surface area (Å²) < 4.78 is 0. The van der Waals surface area contributed by atoms with Crippen LogP contribution in [0.4, 0.5) is 11.4 Å². The predicted octanol–water partition coefficient (Wildman–Crippen LogP) is 2.17. The molecule has 0 spiro atoms. The Morgan fingerprint density at radius 1 is 1.10 bits per heavy atom. The molecule has 0 heterocycles. The van der Waals surface area contributed by atoms with Crippen molar-refractivity contribution in [3.8, 4) is 0 Å². The van der Waals surface area contributed by atoms with E-state index in [4.69, 9.17) is 10.8 Å². The van der Waals surface area contributed by atoms with Crippen LogP contribution in [-0.4, -0.2) is 24.0 Å². The zero-order valence-electron chi connectivity index (χ0n) is 11.6. The molecule has 0 saturated heterocycles. The van der Waals surface area contributed by atoms with Crippen molar-refractivity contribution in [2.75, 3.05) is 17.7 Å². The van der Waals surface area contributed by atoms with E-state index in [-0.39, 0.29) is 17.9 Å². The first-order chi connectivity index (χ1) is 9.99. The number of amides is 1. The average Bonchev–Trinajstić information content (AvgIpc) is 2.48. The number of benzene rings is 2. The summed E-state index contributed by atoms with van der Waals surface area (Å²) in [6, 6.07) is 13.4. The van der Waals surface area contributed by atoms with E-state index >= 15 is 0 Å². The highest BCUT2D eigenvalue weighted by Gasteiger charge is 2.17. The molecule has 0 aliphatic carbocycles. The molecule has 2 aromatic carbocycles. The molecule has 0 saturated carbocycles. The maximum atomic E-state index is 12.3. The smallest absolute Gasteiger partial charge is 0.337 e. The lowest BCUT2D eigenvalue weighted by Gasteiger charge is -2.19. The topological polar surface area (TPSA) is 83.6 Å². The van der Waals surface area contributed by atoms with Gasteiger partial charge in [-0.05, 0) is 29.8 Å². The molecule has 5 heteroatoms. The third-order valence-corrected chi connectivity index (χ3v) is 3.20. The van der Waals surface area contributed by atoms with E-state index in [9.17, 15) is 9.59 Å². The second kappa shape index (κ2) is 6.09. The summed E-state index contributed by atoms with van der Waals surface area (Å²) in [6.07, 6.45) is 0.185. The van der Waals surface area contributed by atoms with E-state index < -0.39 is 5.97 Å². The predicted molar refractivity (Wildman–Crippen MR) is 81.4 cm³/mol. The van der Waals surface area contributed by atoms with Crippen LogP contribution in [0.1, 0.15) is 15.9 Å². The Balaban J connectivity index is 2.20. The van der Waals surface area contributed by atoms with Crippen molar-refractivity contribution in [3.63, 3.8) is 0 Å². The largest absolute Gasteiger partial charge is 0.478 e. The highest BCUT2D eigenvalue weighted by molar-refractivity contribution is 6.02. The first-order valence-corrected chi connectivity index (χ1v) is 6.42. The van der Waals surface area contributed by atoms with E-state index in [1.165, 1.54) is 11.0 Å². The van der Waals surface area contributed by atoms with Gasteiger partial charge >= 0.3 is 5.97 Å². The zero-order valence-corrected chi connectivity index (χ0v) is 11.6. The molecule has 0 aromatic heterocycles. The van der Waals surface area contributed by atoms with Gasteiger partial charge in [0.15, 0.2) is 0 Å². The van der Waals surface area contributed by atoms with E-state index in [1.54, 1.807) is 49.5 Å². The number of nitrogen functional groups attached to an aromatic ring is 1. The van der Waals surface area contributed by atoms with Crippen LogP contribution in [-0.2, 0) is 11.2 Å². The third kappa shape index (κ3) is 3.39. The summed E-state index contributed by atoms with van der Waals surface area (Å²) in [6.45, 7) is 0. The molecule has 108 valence electrons. The Labute approximate surface area is 122 Å². The van der Waals surface area contributed by atoms with E-state index in [0.717, 1.165) is 5.56 Å². The fourth-order valence-corrected chi connectivity index (χ4v) is 2.01. The van der Waals surface area contributed by atoms with Crippen LogP contribution in [0.2, 0.25) is 0 Å². The molecule has 5 nitrogen and oxygen atoms in total. The van der Waals surface area contributed by atoms with Crippen molar-refractivity contribution < 1.29 is 14.7 Å². The Bertz CT molecular complexity index is 665. The molecule has 2 rings (SSSR count). The summed E-state index contributed by atoms with van der Waals surface area (Å²) in [5.41, 5.74) is 7.55. The number of anilines is 2. The minimum atomic E-state index is -1.06. The second-order valence-electron chi connectivity index (χ2n) is 4.69. The van der Waals surface area contributed by atoms with E-state index in [1.807, 2.05) is 0 Å². The van der Waals surface area contributed by atoms with Gasteiger partial charge in [0.25, 0.3) is 0 Å². The number of carbonyl (C=O) groups is 2. The molecule has 3 N–H and O–H groups in total. The number of nitrogens with two attached hydrogens (primary N) is 1. The Hall–Kier alpha value is -2.82. The summed E-state index contributed by atoms with van der Waals surface area (Å²) in [7, 11) is 1.57. The summed E-state index contributed by atoms with van der Waals surface area (Å²) in [5, 5.41) is 9.16. The van der Waals surface area contributed by atoms with Gasteiger partial charge in [-0.3, -0.25) is 4.79 Å². The fraction of sp³-hybridized carbons (Fsp3) is 0.125. The van der Waals surface area contributed by atoms with Crippen molar-refractivity contribution in [1.82, 2.24) is 0 Å². The van der Waals surface area contributed by atoms with Gasteiger partial charge in [0.1, 0.15) is 0 Å². The number of carboxylic acid groups (broad SMARTS) is 1. The maximum Gasteiger partial charge on any atom is 0.337 e.